The van der Waals surface area contributed by atoms with E-state index in [2.05, 4.69) is 248 Å². The third-order valence-corrected chi connectivity index (χ3v) is 23.9. The number of nitrogens with zero attached hydrogens (tertiary/aromatic N) is 7. The van der Waals surface area contributed by atoms with Crippen molar-refractivity contribution in [1.29, 1.82) is 10.5 Å². The number of nitrogens with two attached hydrogens (primary N) is 1. The number of nitrogens with one attached hydrogen (secondary N) is 5. The normalized spacial score (nSPS) is 23.9. The van der Waals surface area contributed by atoms with Crippen molar-refractivity contribution < 1.29 is 52.9 Å². The first kappa shape index (κ1) is 111. The zero-order valence-corrected chi connectivity index (χ0v) is 80.8. The molecule has 703 valence electrons. The molecule has 12 rings (SSSR count). The van der Waals surface area contributed by atoms with Crippen LogP contribution in [0.5, 0.6) is 0 Å². The summed E-state index contributed by atoms with van der Waals surface area (Å²) in [5.74, 6) is 7.06. The van der Waals surface area contributed by atoms with Crippen LogP contribution in [0.1, 0.15) is 184 Å². The summed E-state index contributed by atoms with van der Waals surface area (Å²) in [5, 5.41) is 40.3. The van der Waals surface area contributed by atoms with Gasteiger partial charge in [-0.1, -0.05) is 200 Å². The first-order chi connectivity index (χ1) is 60.6. The SMILES string of the molecule is CC1CN(Cc2ccccc2)CCC1=O.CO.C[B]OOCB=O.C[C@@H]1CN(Cc2ccccc2)CCC1C#N.C[C@@H]1CN(Cc2ccccc2)CCC1C#N.C[C@@H]1CN(Cc2ccccc2)CCC1CN.C[C@@H]1CN(Cc2ccccc2)CCC1CNC(=O)OC(C)(C)C.C[C@@H]1CNCCC1CNC(=O)OC(C)(C)C.C[C@@H]1CNCCC1CNC(=O)OC(C)(C)C. The molecule has 7 fully saturated rings. The van der Waals surface area contributed by atoms with Gasteiger partial charge in [0.1, 0.15) is 22.6 Å². The number of nitriles is 2. The Morgan fingerprint density at radius 2 is 0.732 bits per heavy atom. The van der Waals surface area contributed by atoms with Gasteiger partial charge in [-0.25, -0.2) is 14.4 Å². The number of alkyl carbamates (subject to hydrolysis) is 3. The van der Waals surface area contributed by atoms with Crippen molar-refractivity contribution in [2.45, 2.75) is 212 Å². The minimum Gasteiger partial charge on any atom is -0.444 e. The van der Waals surface area contributed by atoms with Gasteiger partial charge in [-0.05, 0) is 247 Å². The number of aliphatic hydroxyl groups is 1. The van der Waals surface area contributed by atoms with Gasteiger partial charge in [0, 0.05) is 111 Å². The summed E-state index contributed by atoms with van der Waals surface area (Å²) in [6.45, 7) is 56.8. The van der Waals surface area contributed by atoms with Crippen molar-refractivity contribution in [3.05, 3.63) is 179 Å². The van der Waals surface area contributed by atoms with Crippen LogP contribution in [-0.4, -0.2) is 217 Å². The number of carbonyl (C=O) groups excluding carboxylic acids is 4. The molecule has 0 spiro atoms. The quantitative estimate of drug-likeness (QED) is 0.0118. The summed E-state index contributed by atoms with van der Waals surface area (Å²) in [6, 6.07) is 57.7. The number of amides is 3. The Kier molecular flexibility index (Phi) is 54.7. The fraction of sp³-hybridized carbons (Fsp3) is 0.644. The van der Waals surface area contributed by atoms with E-state index in [-0.39, 0.29) is 42.5 Å². The van der Waals surface area contributed by atoms with Gasteiger partial charge in [0.05, 0.1) is 24.0 Å². The zero-order valence-electron chi connectivity index (χ0n) is 80.8. The topological polar surface area (TPSA) is 302 Å². The summed E-state index contributed by atoms with van der Waals surface area (Å²) in [7, 11) is 2.97. The predicted molar refractivity (Wildman–Crippen MR) is 513 cm³/mol. The van der Waals surface area contributed by atoms with Crippen LogP contribution in [-0.2, 0) is 66.1 Å². The maximum atomic E-state index is 11.8. The van der Waals surface area contributed by atoms with Crippen molar-refractivity contribution >= 4 is 38.7 Å². The number of ketones is 1. The Bertz CT molecular complexity index is 3710. The molecule has 7 heterocycles. The summed E-state index contributed by atoms with van der Waals surface area (Å²) in [5.41, 5.74) is 11.4. The van der Waals surface area contributed by atoms with Crippen LogP contribution in [0.25, 0.3) is 0 Å². The molecule has 127 heavy (non-hydrogen) atoms. The van der Waals surface area contributed by atoms with E-state index in [1.165, 1.54) is 54.8 Å². The Labute approximate surface area is 766 Å². The van der Waals surface area contributed by atoms with Crippen molar-refractivity contribution in [3.8, 4) is 12.1 Å². The van der Waals surface area contributed by atoms with E-state index >= 15 is 0 Å². The van der Waals surface area contributed by atoms with Gasteiger partial charge in [-0.15, -0.1) is 0 Å². The predicted octanol–water partition coefficient (Wildman–Crippen LogP) is 15.9. The van der Waals surface area contributed by atoms with Gasteiger partial charge in [-0.3, -0.25) is 29.3 Å². The maximum Gasteiger partial charge on any atom is 0.407 e. The first-order valence-corrected chi connectivity index (χ1v) is 46.7. The van der Waals surface area contributed by atoms with Crippen LogP contribution in [0.4, 0.5) is 14.4 Å². The molecule has 8 N–H and O–H groups in total. The number of carbonyl (C=O) groups is 4. The third-order valence-electron chi connectivity index (χ3n) is 23.9. The molecule has 24 nitrogen and oxygen atoms in total. The van der Waals surface area contributed by atoms with E-state index in [0.717, 1.165) is 182 Å². The fourth-order valence-electron chi connectivity index (χ4n) is 16.5. The van der Waals surface area contributed by atoms with E-state index in [4.69, 9.17) is 35.6 Å². The number of piperidine rings is 7. The van der Waals surface area contributed by atoms with Gasteiger partial charge in [0.25, 0.3) is 0 Å². The summed E-state index contributed by atoms with van der Waals surface area (Å²) in [6.07, 6.45) is 6.44. The third kappa shape index (κ3) is 49.6. The molecule has 0 aromatic heterocycles. The van der Waals surface area contributed by atoms with E-state index < -0.39 is 16.8 Å². The standard InChI is InChI=1S/C19H30N2O2.C14H22N2.2C14H18N2.C13H17NO.2C12H24N2O2.C2H5B2O3.CH4O/c1-15-13-21(14-16-8-6-5-7-9-16)11-10-17(15)12-20-18(22)23-19(2,3)4;3*1-12-10-16(8-7-14(12)9-15)11-13-5-3-2-4-6-13;1-11-9-14(8-7-13(11)15)10-12-5-3-2-4-6-12;2*1-9-7-13-6-5-10(9)8-14-11(15)16-12(2,3)4;1-3-7-6-2-4-5;1-2/h5-9,15,17H,10-14H2,1-4H3,(H,20,22);2-6,12,14H,7-11,15H2,1H3;2*2-6,12,14H,7-8,10-11H2,1H3;2-6,11H,7-10H2,1H3;2*9-10,13H,5-8H2,1-4H3,(H,14,15);2H2,1H3;2H,1H3/t15-,17?;3*12-,14?;;2*9-,10?;;/m1111.11../s1. The summed E-state index contributed by atoms with van der Waals surface area (Å²) < 4.78 is 25.2. The van der Waals surface area contributed by atoms with Crippen LogP contribution in [0.3, 0.4) is 0 Å². The first-order valence-electron chi connectivity index (χ1n) is 46.7. The largest absolute Gasteiger partial charge is 0.444 e. The van der Waals surface area contributed by atoms with Gasteiger partial charge in [0.15, 0.2) is 0 Å². The minimum absolute atomic E-state index is 0.00958. The second kappa shape index (κ2) is 62.4. The average Bonchev–Trinajstić information content (AvgIpc) is 0.876. The molecule has 7 saturated heterocycles. The van der Waals surface area contributed by atoms with Crippen molar-refractivity contribution in [2.75, 3.05) is 131 Å². The second-order valence-electron chi connectivity index (χ2n) is 38.4. The molecule has 0 saturated carbocycles. The maximum absolute atomic E-state index is 11.8. The summed E-state index contributed by atoms with van der Waals surface area (Å²) >= 11 is 0. The molecule has 13 atom stereocenters. The molecular formula is C101H162B2N13O11. The monoisotopic (exact) mass is 1760 g/mol. The zero-order chi connectivity index (χ0) is 93.6. The number of ether oxygens (including phenoxy) is 3. The molecular weight excluding hydrogens is 1590 g/mol. The molecule has 5 aromatic rings. The van der Waals surface area contributed by atoms with Gasteiger partial charge >= 0.3 is 60.6 Å². The number of aliphatic hydroxyl groups excluding tert-OH is 1. The Morgan fingerprint density at radius 3 is 0.992 bits per heavy atom. The molecule has 26 heteroatoms. The van der Waals surface area contributed by atoms with Crippen LogP contribution >= 0.6 is 0 Å². The van der Waals surface area contributed by atoms with Crippen molar-refractivity contribution in [1.82, 2.24) is 51.1 Å². The van der Waals surface area contributed by atoms with Gasteiger partial charge in [-0.2, -0.15) is 10.5 Å². The number of hydrogen-bond acceptors (Lipinski definition) is 21. The number of likely N-dealkylation sites (tertiary alicyclic amines) is 5. The van der Waals surface area contributed by atoms with E-state index in [1.54, 1.807) is 6.82 Å². The molecule has 0 aliphatic carbocycles. The average molecular weight is 1760 g/mol. The minimum atomic E-state index is -0.436. The molecule has 0 bridgehead atoms. The fourth-order valence-corrected chi connectivity index (χ4v) is 16.5. The number of Topliss-reactive ketones (excluding diaryl/α,β-unsaturated/α-hetero) is 1. The Morgan fingerprint density at radius 1 is 0.441 bits per heavy atom. The van der Waals surface area contributed by atoms with E-state index in [9.17, 15) is 23.9 Å². The smallest absolute Gasteiger partial charge is 0.407 e. The molecule has 1 radical (unpaired) electrons. The van der Waals surface area contributed by atoms with E-state index in [1.807, 2.05) is 87.4 Å². The van der Waals surface area contributed by atoms with Crippen LogP contribution < -0.4 is 32.3 Å². The molecule has 3 amide bonds. The van der Waals surface area contributed by atoms with Crippen molar-refractivity contribution in [2.24, 2.45) is 82.7 Å². The van der Waals surface area contributed by atoms with Crippen LogP contribution in [0.15, 0.2) is 152 Å². The Balaban J connectivity index is 0.000000307. The molecule has 7 unspecified atom stereocenters. The number of rotatable bonds is 21. The van der Waals surface area contributed by atoms with Crippen LogP contribution in [0.2, 0.25) is 6.82 Å². The van der Waals surface area contributed by atoms with Crippen LogP contribution in [0, 0.1) is 99.6 Å². The summed E-state index contributed by atoms with van der Waals surface area (Å²) in [4.78, 5) is 66.8. The second-order valence-corrected chi connectivity index (χ2v) is 38.4. The Hall–Kier alpha value is -7.95. The molecule has 7 aliphatic heterocycles. The van der Waals surface area contributed by atoms with E-state index in [0.29, 0.717) is 73.2 Å². The van der Waals surface area contributed by atoms with Gasteiger partial charge in [0.2, 0.25) is 0 Å². The molecule has 7 aliphatic rings. The molecule has 5 aromatic carbocycles. The number of hydrogen-bond donors (Lipinski definition) is 7. The van der Waals surface area contributed by atoms with Gasteiger partial charge < -0.3 is 51.6 Å². The number of benzene rings is 5. The van der Waals surface area contributed by atoms with Crippen molar-refractivity contribution in [3.63, 3.8) is 0 Å².